The second-order valence-electron chi connectivity index (χ2n) is 7.98. The Balaban J connectivity index is 1.38. The molecule has 2 aromatic rings. The van der Waals surface area contributed by atoms with Gasteiger partial charge in [-0.15, -0.1) is 0 Å². The second kappa shape index (κ2) is 9.20. The van der Waals surface area contributed by atoms with Crippen molar-refractivity contribution in [3.05, 3.63) is 71.8 Å². The Morgan fingerprint density at radius 2 is 1.58 bits per heavy atom. The number of nitrogens with one attached hydrogen (secondary N) is 1. The lowest BCUT2D eigenvalue weighted by Gasteiger charge is -2.15. The van der Waals surface area contributed by atoms with E-state index in [1.54, 1.807) is 36.4 Å². The Bertz CT molecular complexity index is 1140. The molecule has 3 amide bonds. The number of ether oxygens (including phenoxy) is 1. The number of nitrogens with zero attached hydrogens (tertiary/aromatic N) is 1. The van der Waals surface area contributed by atoms with Crippen LogP contribution in [0.1, 0.15) is 40.5 Å². The predicted molar refractivity (Wildman–Crippen MR) is 120 cm³/mol. The van der Waals surface area contributed by atoms with Gasteiger partial charge in [0, 0.05) is 11.3 Å². The summed E-state index contributed by atoms with van der Waals surface area (Å²) in [7, 11) is 0. The summed E-state index contributed by atoms with van der Waals surface area (Å²) < 4.78 is 5.09. The number of hydrogen-bond donors (Lipinski definition) is 1. The Morgan fingerprint density at radius 3 is 2.18 bits per heavy atom. The van der Waals surface area contributed by atoms with Crippen LogP contribution in [0.25, 0.3) is 0 Å². The van der Waals surface area contributed by atoms with Crippen molar-refractivity contribution in [3.63, 3.8) is 0 Å². The number of allylic oxidation sites excluding steroid dienone is 2. The highest BCUT2D eigenvalue weighted by Gasteiger charge is 2.47. The SMILES string of the molecule is CC(=O)c1ccc(NC(=O)COC(=O)c2cccc(N3C(=O)[C@@H]4CC=CC[C@H]4C3=O)c2)cc1. The number of Topliss-reactive ketones (excluding diaryl/α,β-unsaturated/α-hetero) is 1. The van der Waals surface area contributed by atoms with Gasteiger partial charge < -0.3 is 10.1 Å². The maximum atomic E-state index is 12.8. The Labute approximate surface area is 190 Å². The molecule has 0 unspecified atom stereocenters. The van der Waals surface area contributed by atoms with Crippen molar-refractivity contribution in [3.8, 4) is 0 Å². The van der Waals surface area contributed by atoms with Crippen molar-refractivity contribution < 1.29 is 28.7 Å². The molecule has 0 bridgehead atoms. The van der Waals surface area contributed by atoms with E-state index < -0.39 is 18.5 Å². The van der Waals surface area contributed by atoms with E-state index in [2.05, 4.69) is 5.32 Å². The smallest absolute Gasteiger partial charge is 0.338 e. The fraction of sp³-hybridized carbons (Fsp3) is 0.240. The monoisotopic (exact) mass is 446 g/mol. The minimum Gasteiger partial charge on any atom is -0.452 e. The summed E-state index contributed by atoms with van der Waals surface area (Å²) in [5, 5.41) is 2.58. The summed E-state index contributed by atoms with van der Waals surface area (Å²) in [5.41, 5.74) is 1.42. The largest absolute Gasteiger partial charge is 0.452 e. The maximum Gasteiger partial charge on any atom is 0.338 e. The fourth-order valence-electron chi connectivity index (χ4n) is 4.03. The number of carbonyl (C=O) groups is 5. The third-order valence-electron chi connectivity index (χ3n) is 5.76. The molecule has 1 aliphatic heterocycles. The van der Waals surface area contributed by atoms with Crippen molar-refractivity contribution in [2.75, 3.05) is 16.8 Å². The van der Waals surface area contributed by atoms with Gasteiger partial charge >= 0.3 is 5.97 Å². The van der Waals surface area contributed by atoms with Crippen LogP contribution in [-0.2, 0) is 19.1 Å². The van der Waals surface area contributed by atoms with Gasteiger partial charge in [-0.05, 0) is 62.2 Å². The van der Waals surface area contributed by atoms with E-state index in [0.29, 0.717) is 29.8 Å². The van der Waals surface area contributed by atoms with Gasteiger partial charge in [0.1, 0.15) is 0 Å². The molecule has 1 fully saturated rings. The summed E-state index contributed by atoms with van der Waals surface area (Å²) in [6.45, 7) is 0.927. The molecule has 0 radical (unpaired) electrons. The lowest BCUT2D eigenvalue weighted by molar-refractivity contribution is -0.122. The molecule has 1 N–H and O–H groups in total. The fourth-order valence-corrected chi connectivity index (χ4v) is 4.03. The molecule has 2 atom stereocenters. The third-order valence-corrected chi connectivity index (χ3v) is 5.76. The van der Waals surface area contributed by atoms with Gasteiger partial charge in [-0.3, -0.25) is 24.1 Å². The highest BCUT2D eigenvalue weighted by molar-refractivity contribution is 6.22. The van der Waals surface area contributed by atoms with E-state index in [1.807, 2.05) is 12.2 Å². The first kappa shape index (κ1) is 22.1. The molecule has 8 heteroatoms. The molecule has 0 spiro atoms. The molecular formula is C25H22N2O6. The van der Waals surface area contributed by atoms with Gasteiger partial charge in [0.05, 0.1) is 23.1 Å². The maximum absolute atomic E-state index is 12.8. The molecule has 2 aromatic carbocycles. The Hall–Kier alpha value is -4.07. The molecule has 2 aliphatic rings. The van der Waals surface area contributed by atoms with Crippen LogP contribution in [0.4, 0.5) is 11.4 Å². The molecule has 0 saturated carbocycles. The standard InChI is InChI=1S/C25H22N2O6/c1-15(28)16-9-11-18(12-10-16)26-22(29)14-33-25(32)17-5-4-6-19(13-17)27-23(30)20-7-2-3-8-21(20)24(27)31/h2-6,9-13,20-21H,7-8,14H2,1H3,(H,26,29)/t20-,21-/m1/s1. The first-order chi connectivity index (χ1) is 15.8. The van der Waals surface area contributed by atoms with Gasteiger partial charge in [-0.2, -0.15) is 0 Å². The Kier molecular flexibility index (Phi) is 6.17. The first-order valence-corrected chi connectivity index (χ1v) is 10.6. The van der Waals surface area contributed by atoms with E-state index in [-0.39, 0.29) is 35.0 Å². The number of carbonyl (C=O) groups excluding carboxylic acids is 5. The van der Waals surface area contributed by atoms with Gasteiger partial charge in [0.25, 0.3) is 5.91 Å². The molecule has 1 saturated heterocycles. The minimum atomic E-state index is -0.753. The zero-order chi connectivity index (χ0) is 23.5. The quantitative estimate of drug-likeness (QED) is 0.316. The average Bonchev–Trinajstić information content (AvgIpc) is 3.08. The van der Waals surface area contributed by atoms with E-state index in [0.717, 1.165) is 4.90 Å². The number of benzene rings is 2. The van der Waals surface area contributed by atoms with E-state index in [9.17, 15) is 24.0 Å². The molecule has 0 aromatic heterocycles. The highest BCUT2D eigenvalue weighted by Crippen LogP contribution is 2.37. The van der Waals surface area contributed by atoms with Crippen LogP contribution in [0.2, 0.25) is 0 Å². The number of esters is 1. The van der Waals surface area contributed by atoms with Crippen molar-refractivity contribution in [1.29, 1.82) is 0 Å². The van der Waals surface area contributed by atoms with Gasteiger partial charge in [0.15, 0.2) is 12.4 Å². The molecule has 33 heavy (non-hydrogen) atoms. The second-order valence-corrected chi connectivity index (χ2v) is 7.98. The minimum absolute atomic E-state index is 0.0863. The van der Waals surface area contributed by atoms with Crippen molar-refractivity contribution in [2.24, 2.45) is 11.8 Å². The van der Waals surface area contributed by atoms with Crippen LogP contribution in [0.3, 0.4) is 0 Å². The summed E-state index contributed by atoms with van der Waals surface area (Å²) in [4.78, 5) is 62.6. The number of amides is 3. The summed E-state index contributed by atoms with van der Waals surface area (Å²) in [6.07, 6.45) is 4.87. The number of fused-ring (bicyclic) bond motifs is 1. The van der Waals surface area contributed by atoms with Crippen molar-refractivity contribution >= 4 is 40.8 Å². The van der Waals surface area contributed by atoms with Crippen molar-refractivity contribution in [1.82, 2.24) is 0 Å². The van der Waals surface area contributed by atoms with Gasteiger partial charge in [-0.25, -0.2) is 4.79 Å². The summed E-state index contributed by atoms with van der Waals surface area (Å²) in [6, 6.07) is 12.4. The number of hydrogen-bond acceptors (Lipinski definition) is 6. The van der Waals surface area contributed by atoms with Crippen LogP contribution in [0.5, 0.6) is 0 Å². The highest BCUT2D eigenvalue weighted by atomic mass is 16.5. The van der Waals surface area contributed by atoms with Crippen LogP contribution in [0, 0.1) is 11.8 Å². The Morgan fingerprint density at radius 1 is 0.939 bits per heavy atom. The first-order valence-electron chi connectivity index (χ1n) is 10.6. The number of rotatable bonds is 6. The number of anilines is 2. The van der Waals surface area contributed by atoms with Gasteiger partial charge in [0.2, 0.25) is 11.8 Å². The third kappa shape index (κ3) is 4.59. The zero-order valence-electron chi connectivity index (χ0n) is 17.9. The lowest BCUT2D eigenvalue weighted by atomic mass is 9.85. The van der Waals surface area contributed by atoms with Gasteiger partial charge in [-0.1, -0.05) is 18.2 Å². The normalized spacial score (nSPS) is 19.2. The van der Waals surface area contributed by atoms with Crippen LogP contribution in [-0.4, -0.2) is 36.1 Å². The van der Waals surface area contributed by atoms with Crippen LogP contribution < -0.4 is 10.2 Å². The zero-order valence-corrected chi connectivity index (χ0v) is 17.9. The molecule has 1 aliphatic carbocycles. The molecule has 1 heterocycles. The lowest BCUT2D eigenvalue weighted by Crippen LogP contribution is -2.31. The predicted octanol–water partition coefficient (Wildman–Crippen LogP) is 3.14. The summed E-state index contributed by atoms with van der Waals surface area (Å²) >= 11 is 0. The average molecular weight is 446 g/mol. The van der Waals surface area contributed by atoms with E-state index in [1.165, 1.54) is 19.1 Å². The molecule has 4 rings (SSSR count). The number of imide groups is 1. The van der Waals surface area contributed by atoms with Crippen molar-refractivity contribution in [2.45, 2.75) is 19.8 Å². The molecule has 8 nitrogen and oxygen atoms in total. The van der Waals surface area contributed by atoms with E-state index >= 15 is 0 Å². The summed E-state index contributed by atoms with van der Waals surface area (Å²) in [5.74, 6) is -2.66. The topological polar surface area (TPSA) is 110 Å². The molecular weight excluding hydrogens is 424 g/mol. The van der Waals surface area contributed by atoms with Crippen LogP contribution in [0.15, 0.2) is 60.7 Å². The molecule has 168 valence electrons. The van der Waals surface area contributed by atoms with Crippen LogP contribution >= 0.6 is 0 Å². The van der Waals surface area contributed by atoms with E-state index in [4.69, 9.17) is 4.74 Å². The number of ketones is 1.